The van der Waals surface area contributed by atoms with Crippen molar-refractivity contribution in [2.24, 2.45) is 0 Å². The predicted octanol–water partition coefficient (Wildman–Crippen LogP) is 3.26. The van der Waals surface area contributed by atoms with Crippen LogP contribution in [0.1, 0.15) is 36.8 Å². The number of likely N-dealkylation sites (tertiary alicyclic amines) is 1. The quantitative estimate of drug-likeness (QED) is 0.906. The SMILES string of the molecule is CCC(=O)N1C[C@H](F)C[C@H](NC(=O)C2c3ccccc3-c3ccccc32)C1. The molecule has 2 amide bonds. The van der Waals surface area contributed by atoms with E-state index in [4.69, 9.17) is 0 Å². The highest BCUT2D eigenvalue weighted by Gasteiger charge is 2.36. The van der Waals surface area contributed by atoms with Crippen LogP contribution in [0.5, 0.6) is 0 Å². The Morgan fingerprint density at radius 3 is 2.22 bits per heavy atom. The number of alkyl halides is 1. The molecule has 4 rings (SSSR count). The Morgan fingerprint density at radius 2 is 1.63 bits per heavy atom. The lowest BCUT2D eigenvalue weighted by Crippen LogP contribution is -2.53. The molecule has 2 atom stereocenters. The number of carbonyl (C=O) groups excluding carboxylic acids is 2. The van der Waals surface area contributed by atoms with Gasteiger partial charge in [0.1, 0.15) is 6.17 Å². The van der Waals surface area contributed by atoms with Crippen molar-refractivity contribution in [3.8, 4) is 11.1 Å². The van der Waals surface area contributed by atoms with Gasteiger partial charge in [0, 0.05) is 25.4 Å². The van der Waals surface area contributed by atoms with Gasteiger partial charge in [0.25, 0.3) is 0 Å². The lowest BCUT2D eigenvalue weighted by atomic mass is 9.95. The number of nitrogens with one attached hydrogen (secondary N) is 1. The second-order valence-corrected chi connectivity index (χ2v) is 7.30. The minimum absolute atomic E-state index is 0.0758. The number of rotatable bonds is 3. The Morgan fingerprint density at radius 1 is 1.04 bits per heavy atom. The summed E-state index contributed by atoms with van der Waals surface area (Å²) in [6, 6.07) is 15.5. The number of hydrogen-bond acceptors (Lipinski definition) is 2. The van der Waals surface area contributed by atoms with Crippen molar-refractivity contribution in [1.29, 1.82) is 0 Å². The molecule has 140 valence electrons. The van der Waals surface area contributed by atoms with Gasteiger partial charge in [-0.25, -0.2) is 4.39 Å². The van der Waals surface area contributed by atoms with E-state index in [9.17, 15) is 14.0 Å². The third-order valence-electron chi connectivity index (χ3n) is 5.50. The third-order valence-corrected chi connectivity index (χ3v) is 5.50. The first kappa shape index (κ1) is 17.7. The maximum absolute atomic E-state index is 14.1. The number of benzene rings is 2. The van der Waals surface area contributed by atoms with Gasteiger partial charge in [-0.05, 0) is 22.3 Å². The molecule has 1 fully saturated rings. The Bertz CT molecular complexity index is 837. The van der Waals surface area contributed by atoms with E-state index in [1.54, 1.807) is 6.92 Å². The standard InChI is InChI=1S/C22H23FN2O2/c1-2-20(26)25-12-14(23)11-15(13-25)24-22(27)21-18-9-5-3-7-16(18)17-8-4-6-10-19(17)21/h3-10,14-15,21H,2,11-13H2,1H3,(H,24,27)/t14-,15+/m1/s1. The van der Waals surface area contributed by atoms with Gasteiger partial charge in [0.05, 0.1) is 12.5 Å². The van der Waals surface area contributed by atoms with E-state index in [2.05, 4.69) is 5.32 Å². The molecule has 5 heteroatoms. The molecule has 0 bridgehead atoms. The Labute approximate surface area is 158 Å². The lowest BCUT2D eigenvalue weighted by Gasteiger charge is -2.35. The third kappa shape index (κ3) is 3.22. The van der Waals surface area contributed by atoms with E-state index in [0.29, 0.717) is 13.0 Å². The van der Waals surface area contributed by atoms with E-state index in [1.165, 1.54) is 4.90 Å². The molecule has 1 aliphatic carbocycles. The largest absolute Gasteiger partial charge is 0.351 e. The zero-order valence-corrected chi connectivity index (χ0v) is 15.3. The van der Waals surface area contributed by atoms with Gasteiger partial charge in [-0.1, -0.05) is 55.5 Å². The summed E-state index contributed by atoms with van der Waals surface area (Å²) >= 11 is 0. The van der Waals surface area contributed by atoms with Crippen LogP contribution in [0.25, 0.3) is 11.1 Å². The topological polar surface area (TPSA) is 49.4 Å². The summed E-state index contributed by atoms with van der Waals surface area (Å²) in [6.45, 7) is 2.26. The smallest absolute Gasteiger partial charge is 0.232 e. The van der Waals surface area contributed by atoms with Crippen LogP contribution in [0.3, 0.4) is 0 Å². The first-order chi connectivity index (χ1) is 13.1. The van der Waals surface area contributed by atoms with Crippen molar-refractivity contribution < 1.29 is 14.0 Å². The second-order valence-electron chi connectivity index (χ2n) is 7.30. The molecule has 4 nitrogen and oxygen atoms in total. The number of piperidine rings is 1. The molecule has 27 heavy (non-hydrogen) atoms. The molecule has 1 saturated heterocycles. The molecule has 2 aromatic carbocycles. The van der Waals surface area contributed by atoms with Crippen molar-refractivity contribution in [2.45, 2.75) is 37.9 Å². The Hall–Kier alpha value is -2.69. The Kier molecular flexibility index (Phi) is 4.68. The molecular formula is C22H23FN2O2. The monoisotopic (exact) mass is 366 g/mol. The molecule has 1 heterocycles. The highest BCUT2D eigenvalue weighted by molar-refractivity contribution is 5.96. The van der Waals surface area contributed by atoms with Gasteiger partial charge in [-0.2, -0.15) is 0 Å². The lowest BCUT2D eigenvalue weighted by molar-refractivity contribution is -0.134. The van der Waals surface area contributed by atoms with Crippen LogP contribution < -0.4 is 5.32 Å². The van der Waals surface area contributed by atoms with Crippen molar-refractivity contribution in [2.75, 3.05) is 13.1 Å². The van der Waals surface area contributed by atoms with E-state index >= 15 is 0 Å². The Balaban J connectivity index is 1.57. The molecule has 0 saturated carbocycles. The fraction of sp³-hybridized carbons (Fsp3) is 0.364. The van der Waals surface area contributed by atoms with Crippen LogP contribution in [0.4, 0.5) is 4.39 Å². The summed E-state index contributed by atoms with van der Waals surface area (Å²) < 4.78 is 14.1. The molecule has 1 N–H and O–H groups in total. The summed E-state index contributed by atoms with van der Waals surface area (Å²) in [5, 5.41) is 3.01. The van der Waals surface area contributed by atoms with Gasteiger partial charge in [-0.15, -0.1) is 0 Å². The van der Waals surface area contributed by atoms with E-state index in [1.807, 2.05) is 48.5 Å². The minimum atomic E-state index is -1.11. The number of hydrogen-bond donors (Lipinski definition) is 1. The summed E-state index contributed by atoms with van der Waals surface area (Å²) in [7, 11) is 0. The zero-order valence-electron chi connectivity index (χ0n) is 15.3. The maximum Gasteiger partial charge on any atom is 0.232 e. The minimum Gasteiger partial charge on any atom is -0.351 e. The first-order valence-electron chi connectivity index (χ1n) is 9.49. The van der Waals surface area contributed by atoms with Gasteiger partial charge in [0.2, 0.25) is 11.8 Å². The van der Waals surface area contributed by atoms with Crippen molar-refractivity contribution in [1.82, 2.24) is 10.2 Å². The number of carbonyl (C=O) groups is 2. The number of halogens is 1. The highest BCUT2D eigenvalue weighted by Crippen LogP contribution is 2.44. The molecule has 0 aromatic heterocycles. The predicted molar refractivity (Wildman–Crippen MR) is 102 cm³/mol. The number of amides is 2. The van der Waals surface area contributed by atoms with Crippen LogP contribution in [0.2, 0.25) is 0 Å². The van der Waals surface area contributed by atoms with Gasteiger partial charge >= 0.3 is 0 Å². The average Bonchev–Trinajstić information content (AvgIpc) is 3.01. The summed E-state index contributed by atoms with van der Waals surface area (Å²) in [4.78, 5) is 26.7. The summed E-state index contributed by atoms with van der Waals surface area (Å²) in [5.41, 5.74) is 4.10. The number of nitrogens with zero attached hydrogens (tertiary/aromatic N) is 1. The fourth-order valence-electron chi connectivity index (χ4n) is 4.29. The average molecular weight is 366 g/mol. The van der Waals surface area contributed by atoms with Crippen molar-refractivity contribution in [3.05, 3.63) is 59.7 Å². The maximum atomic E-state index is 14.1. The normalized spacial score (nSPS) is 21.5. The zero-order chi connectivity index (χ0) is 19.0. The van der Waals surface area contributed by atoms with Gasteiger partial charge in [-0.3, -0.25) is 9.59 Å². The van der Waals surface area contributed by atoms with E-state index < -0.39 is 12.1 Å². The van der Waals surface area contributed by atoms with Gasteiger partial charge in [0.15, 0.2) is 0 Å². The van der Waals surface area contributed by atoms with E-state index in [-0.39, 0.29) is 30.8 Å². The fourth-order valence-corrected chi connectivity index (χ4v) is 4.29. The molecular weight excluding hydrogens is 343 g/mol. The highest BCUT2D eigenvalue weighted by atomic mass is 19.1. The summed E-state index contributed by atoms with van der Waals surface area (Å²) in [5.74, 6) is -0.601. The number of fused-ring (bicyclic) bond motifs is 3. The van der Waals surface area contributed by atoms with E-state index in [0.717, 1.165) is 22.3 Å². The molecule has 0 spiro atoms. The molecule has 0 unspecified atom stereocenters. The second kappa shape index (κ2) is 7.14. The van der Waals surface area contributed by atoms with Gasteiger partial charge < -0.3 is 10.2 Å². The summed E-state index contributed by atoms with van der Waals surface area (Å²) in [6.07, 6.45) is -0.519. The van der Waals surface area contributed by atoms with Crippen LogP contribution in [0.15, 0.2) is 48.5 Å². The molecule has 0 radical (unpaired) electrons. The first-order valence-corrected chi connectivity index (χ1v) is 9.49. The van der Waals surface area contributed by atoms with Crippen LogP contribution in [-0.4, -0.2) is 42.0 Å². The molecule has 1 aliphatic heterocycles. The van der Waals surface area contributed by atoms with Crippen LogP contribution in [0, 0.1) is 0 Å². The van der Waals surface area contributed by atoms with Crippen LogP contribution >= 0.6 is 0 Å². The van der Waals surface area contributed by atoms with Crippen molar-refractivity contribution in [3.63, 3.8) is 0 Å². The molecule has 2 aromatic rings. The van der Waals surface area contributed by atoms with Crippen LogP contribution in [-0.2, 0) is 9.59 Å². The molecule has 2 aliphatic rings. The van der Waals surface area contributed by atoms with Crippen molar-refractivity contribution >= 4 is 11.8 Å².